The Morgan fingerprint density at radius 2 is 1.88 bits per heavy atom. The van der Waals surface area contributed by atoms with Gasteiger partial charge in [-0.1, -0.05) is 6.92 Å². The molecule has 0 atom stereocenters. The minimum absolute atomic E-state index is 0.490. The van der Waals surface area contributed by atoms with E-state index in [-0.39, 0.29) is 0 Å². The van der Waals surface area contributed by atoms with Gasteiger partial charge in [-0.15, -0.1) is 0 Å². The van der Waals surface area contributed by atoms with Crippen LogP contribution in [0.4, 0.5) is 5.69 Å². The molecule has 96 valence electrons. The SMILES string of the molecule is CCCOCCOCc1cc(N)ccc1OC. The third kappa shape index (κ3) is 5.06. The molecule has 0 heterocycles. The van der Waals surface area contributed by atoms with Crippen molar-refractivity contribution < 1.29 is 14.2 Å². The molecular weight excluding hydrogens is 218 g/mol. The van der Waals surface area contributed by atoms with Gasteiger partial charge in [-0.25, -0.2) is 0 Å². The number of rotatable bonds is 8. The van der Waals surface area contributed by atoms with E-state index in [2.05, 4.69) is 6.92 Å². The zero-order chi connectivity index (χ0) is 12.5. The molecule has 1 aromatic carbocycles. The van der Waals surface area contributed by atoms with Crippen LogP contribution < -0.4 is 10.5 Å². The van der Waals surface area contributed by atoms with Gasteiger partial charge in [-0.2, -0.15) is 0 Å². The molecule has 17 heavy (non-hydrogen) atoms. The van der Waals surface area contributed by atoms with Crippen molar-refractivity contribution in [2.75, 3.05) is 32.7 Å². The van der Waals surface area contributed by atoms with Crippen LogP contribution >= 0.6 is 0 Å². The first-order valence-electron chi connectivity index (χ1n) is 5.85. The fraction of sp³-hybridized carbons (Fsp3) is 0.538. The Morgan fingerprint density at radius 1 is 1.12 bits per heavy atom. The average molecular weight is 239 g/mol. The minimum Gasteiger partial charge on any atom is -0.496 e. The van der Waals surface area contributed by atoms with E-state index in [1.165, 1.54) is 0 Å². The maximum atomic E-state index is 5.72. The lowest BCUT2D eigenvalue weighted by Gasteiger charge is -2.10. The normalized spacial score (nSPS) is 10.5. The topological polar surface area (TPSA) is 53.7 Å². The first kappa shape index (κ1) is 13.8. The standard InChI is InChI=1S/C13H21NO3/c1-3-6-16-7-8-17-10-11-9-12(14)4-5-13(11)15-2/h4-5,9H,3,6-8,10,14H2,1-2H3. The predicted molar refractivity (Wildman–Crippen MR) is 68.2 cm³/mol. The van der Waals surface area contributed by atoms with Crippen LogP contribution in [0.2, 0.25) is 0 Å². The largest absolute Gasteiger partial charge is 0.496 e. The molecule has 2 N–H and O–H groups in total. The zero-order valence-corrected chi connectivity index (χ0v) is 10.6. The van der Waals surface area contributed by atoms with E-state index in [4.69, 9.17) is 19.9 Å². The summed E-state index contributed by atoms with van der Waals surface area (Å²) in [5, 5.41) is 0. The Hall–Kier alpha value is -1.26. The third-order valence-electron chi connectivity index (χ3n) is 2.28. The van der Waals surface area contributed by atoms with Crippen LogP contribution in [0.25, 0.3) is 0 Å². The molecule has 0 spiro atoms. The van der Waals surface area contributed by atoms with Crippen LogP contribution in [0, 0.1) is 0 Å². The van der Waals surface area contributed by atoms with E-state index in [1.807, 2.05) is 18.2 Å². The Balaban J connectivity index is 2.32. The highest BCUT2D eigenvalue weighted by molar-refractivity contribution is 5.47. The predicted octanol–water partition coefficient (Wildman–Crippen LogP) is 2.22. The summed E-state index contributed by atoms with van der Waals surface area (Å²) < 4.78 is 16.1. The Labute approximate surface area is 103 Å². The molecule has 0 unspecified atom stereocenters. The third-order valence-corrected chi connectivity index (χ3v) is 2.28. The molecule has 0 radical (unpaired) electrons. The Bertz CT molecular complexity index is 328. The van der Waals surface area contributed by atoms with Gasteiger partial charge in [0.15, 0.2) is 0 Å². The van der Waals surface area contributed by atoms with Crippen LogP contribution in [0.15, 0.2) is 18.2 Å². The fourth-order valence-electron chi connectivity index (χ4n) is 1.46. The van der Waals surface area contributed by atoms with Crippen LogP contribution in [0.5, 0.6) is 5.75 Å². The Kier molecular flexibility index (Phi) is 6.43. The van der Waals surface area contributed by atoms with Gasteiger partial charge in [0.25, 0.3) is 0 Å². The molecule has 0 saturated heterocycles. The summed E-state index contributed by atoms with van der Waals surface area (Å²) in [6.07, 6.45) is 1.03. The molecule has 1 rings (SSSR count). The van der Waals surface area contributed by atoms with Crippen molar-refractivity contribution >= 4 is 5.69 Å². The quantitative estimate of drug-likeness (QED) is 0.558. The second-order valence-electron chi connectivity index (χ2n) is 3.74. The molecule has 0 aromatic heterocycles. The molecule has 1 aromatic rings. The molecule has 0 saturated carbocycles. The van der Waals surface area contributed by atoms with Crippen molar-refractivity contribution in [3.05, 3.63) is 23.8 Å². The number of methoxy groups -OCH3 is 1. The summed E-state index contributed by atoms with van der Waals surface area (Å²) in [7, 11) is 1.64. The van der Waals surface area contributed by atoms with E-state index in [1.54, 1.807) is 7.11 Å². The second kappa shape index (κ2) is 7.92. The first-order valence-corrected chi connectivity index (χ1v) is 5.85. The van der Waals surface area contributed by atoms with Crippen molar-refractivity contribution in [3.63, 3.8) is 0 Å². The molecule has 0 aliphatic carbocycles. The van der Waals surface area contributed by atoms with Crippen molar-refractivity contribution in [3.8, 4) is 5.75 Å². The van der Waals surface area contributed by atoms with Gasteiger partial charge in [0, 0.05) is 17.9 Å². The van der Waals surface area contributed by atoms with E-state index in [0.717, 1.165) is 24.3 Å². The number of ether oxygens (including phenoxy) is 3. The van der Waals surface area contributed by atoms with Crippen molar-refractivity contribution in [1.82, 2.24) is 0 Å². The lowest BCUT2D eigenvalue weighted by atomic mass is 10.2. The summed E-state index contributed by atoms with van der Waals surface area (Å²) >= 11 is 0. The maximum absolute atomic E-state index is 5.72. The van der Waals surface area contributed by atoms with E-state index in [0.29, 0.717) is 25.5 Å². The van der Waals surface area contributed by atoms with Gasteiger partial charge < -0.3 is 19.9 Å². The average Bonchev–Trinajstić information content (AvgIpc) is 2.34. The molecule has 0 amide bonds. The number of hydrogen-bond donors (Lipinski definition) is 1. The van der Waals surface area contributed by atoms with Gasteiger partial charge in [0.05, 0.1) is 26.9 Å². The lowest BCUT2D eigenvalue weighted by molar-refractivity contribution is 0.0402. The summed E-state index contributed by atoms with van der Waals surface area (Å²) in [5.74, 6) is 0.800. The maximum Gasteiger partial charge on any atom is 0.124 e. The summed E-state index contributed by atoms with van der Waals surface area (Å²) in [6, 6.07) is 5.53. The van der Waals surface area contributed by atoms with Gasteiger partial charge in [0.1, 0.15) is 5.75 Å². The van der Waals surface area contributed by atoms with E-state index >= 15 is 0 Å². The van der Waals surface area contributed by atoms with Crippen LogP contribution in [-0.4, -0.2) is 26.9 Å². The van der Waals surface area contributed by atoms with E-state index < -0.39 is 0 Å². The number of nitrogen functional groups attached to an aromatic ring is 1. The van der Waals surface area contributed by atoms with Crippen LogP contribution in [0.1, 0.15) is 18.9 Å². The van der Waals surface area contributed by atoms with Crippen LogP contribution in [-0.2, 0) is 16.1 Å². The lowest BCUT2D eigenvalue weighted by Crippen LogP contribution is -2.05. The summed E-state index contributed by atoms with van der Waals surface area (Å²) in [4.78, 5) is 0. The molecule has 4 heteroatoms. The van der Waals surface area contributed by atoms with Gasteiger partial charge in [-0.3, -0.25) is 0 Å². The number of hydrogen-bond acceptors (Lipinski definition) is 4. The molecule has 0 fully saturated rings. The highest BCUT2D eigenvalue weighted by Gasteiger charge is 2.03. The summed E-state index contributed by atoms with van der Waals surface area (Å²) in [5.41, 5.74) is 7.39. The van der Waals surface area contributed by atoms with Gasteiger partial charge in [0.2, 0.25) is 0 Å². The number of benzene rings is 1. The van der Waals surface area contributed by atoms with Crippen molar-refractivity contribution in [1.29, 1.82) is 0 Å². The Morgan fingerprint density at radius 3 is 2.59 bits per heavy atom. The van der Waals surface area contributed by atoms with Crippen molar-refractivity contribution in [2.45, 2.75) is 20.0 Å². The van der Waals surface area contributed by atoms with Gasteiger partial charge >= 0.3 is 0 Å². The monoisotopic (exact) mass is 239 g/mol. The highest BCUT2D eigenvalue weighted by atomic mass is 16.5. The van der Waals surface area contributed by atoms with Crippen LogP contribution in [0.3, 0.4) is 0 Å². The number of nitrogens with two attached hydrogens (primary N) is 1. The second-order valence-corrected chi connectivity index (χ2v) is 3.74. The first-order chi connectivity index (χ1) is 8.27. The zero-order valence-electron chi connectivity index (χ0n) is 10.6. The molecule has 0 aliphatic heterocycles. The smallest absolute Gasteiger partial charge is 0.124 e. The highest BCUT2D eigenvalue weighted by Crippen LogP contribution is 2.21. The van der Waals surface area contributed by atoms with E-state index in [9.17, 15) is 0 Å². The minimum atomic E-state index is 0.490. The fourth-order valence-corrected chi connectivity index (χ4v) is 1.46. The molecule has 0 aliphatic rings. The van der Waals surface area contributed by atoms with Crippen molar-refractivity contribution in [2.24, 2.45) is 0 Å². The van der Waals surface area contributed by atoms with Gasteiger partial charge in [-0.05, 0) is 24.6 Å². The molecule has 0 bridgehead atoms. The number of anilines is 1. The molecular formula is C13H21NO3. The summed E-state index contributed by atoms with van der Waals surface area (Å²) in [6.45, 7) is 4.56. The molecule has 4 nitrogen and oxygen atoms in total.